The van der Waals surface area contributed by atoms with E-state index >= 15 is 0 Å². The molecular formula is C10H10O3. The van der Waals surface area contributed by atoms with Crippen LogP contribution in [0.15, 0.2) is 24.3 Å². The Bertz CT molecular complexity index is 344. The highest BCUT2D eigenvalue weighted by Gasteiger charge is 2.33. The summed E-state index contributed by atoms with van der Waals surface area (Å²) in [5.74, 6) is -0.346. The zero-order valence-corrected chi connectivity index (χ0v) is 7.23. The van der Waals surface area contributed by atoms with Crippen molar-refractivity contribution >= 4 is 5.97 Å². The van der Waals surface area contributed by atoms with Crippen molar-refractivity contribution in [1.82, 2.24) is 0 Å². The fourth-order valence-electron chi connectivity index (χ4n) is 1.53. The van der Waals surface area contributed by atoms with Gasteiger partial charge in [0.05, 0.1) is 11.7 Å². The molecule has 0 aromatic heterocycles. The molecule has 0 aliphatic carbocycles. The first-order chi connectivity index (χ1) is 6.20. The third-order valence-electron chi connectivity index (χ3n) is 2.16. The van der Waals surface area contributed by atoms with E-state index in [1.807, 2.05) is 6.07 Å². The van der Waals surface area contributed by atoms with Gasteiger partial charge in [-0.1, -0.05) is 18.2 Å². The van der Waals surface area contributed by atoms with Crippen LogP contribution < -0.4 is 0 Å². The Morgan fingerprint density at radius 1 is 1.46 bits per heavy atom. The molecule has 13 heavy (non-hydrogen) atoms. The standard InChI is InChI=1S/C10H10O3/c1-6(11)9-7-4-2-3-5-8(7)10(12)13-9/h2-6,9,11H,1H3/t6-,9+/m0/s1. The number of hydrogen-bond acceptors (Lipinski definition) is 3. The van der Waals surface area contributed by atoms with E-state index < -0.39 is 12.2 Å². The van der Waals surface area contributed by atoms with E-state index in [0.717, 1.165) is 5.56 Å². The van der Waals surface area contributed by atoms with Gasteiger partial charge in [0.1, 0.15) is 0 Å². The number of aliphatic hydroxyl groups excluding tert-OH is 1. The van der Waals surface area contributed by atoms with E-state index in [-0.39, 0.29) is 5.97 Å². The maximum Gasteiger partial charge on any atom is 0.339 e. The Balaban J connectivity index is 2.47. The Labute approximate surface area is 76.0 Å². The van der Waals surface area contributed by atoms with Crippen LogP contribution >= 0.6 is 0 Å². The summed E-state index contributed by atoms with van der Waals surface area (Å²) in [6, 6.07) is 7.12. The summed E-state index contributed by atoms with van der Waals surface area (Å²) in [5.41, 5.74) is 1.34. The number of esters is 1. The van der Waals surface area contributed by atoms with Gasteiger partial charge < -0.3 is 9.84 Å². The van der Waals surface area contributed by atoms with E-state index in [4.69, 9.17) is 4.74 Å². The van der Waals surface area contributed by atoms with Crippen LogP contribution in [0.4, 0.5) is 0 Å². The second-order valence-corrected chi connectivity index (χ2v) is 3.15. The number of carbonyl (C=O) groups excluding carboxylic acids is 1. The van der Waals surface area contributed by atoms with Gasteiger partial charge in [0.25, 0.3) is 0 Å². The zero-order valence-electron chi connectivity index (χ0n) is 7.23. The lowest BCUT2D eigenvalue weighted by Gasteiger charge is -2.12. The molecule has 0 bridgehead atoms. The molecule has 2 rings (SSSR count). The van der Waals surface area contributed by atoms with Crippen LogP contribution in [0.5, 0.6) is 0 Å². The summed E-state index contributed by atoms with van der Waals surface area (Å²) in [7, 11) is 0. The molecule has 0 fully saturated rings. The summed E-state index contributed by atoms with van der Waals surface area (Å²) >= 11 is 0. The minimum atomic E-state index is -0.660. The van der Waals surface area contributed by atoms with Crippen LogP contribution in [0, 0.1) is 0 Å². The predicted molar refractivity (Wildman–Crippen MR) is 46.3 cm³/mol. The van der Waals surface area contributed by atoms with Crippen LogP contribution in [0.1, 0.15) is 28.9 Å². The highest BCUT2D eigenvalue weighted by molar-refractivity contribution is 5.94. The van der Waals surface area contributed by atoms with Crippen molar-refractivity contribution in [3.63, 3.8) is 0 Å². The molecule has 3 heteroatoms. The first-order valence-corrected chi connectivity index (χ1v) is 4.18. The summed E-state index contributed by atoms with van der Waals surface area (Å²) in [6.45, 7) is 1.61. The Kier molecular flexibility index (Phi) is 1.81. The van der Waals surface area contributed by atoms with Gasteiger partial charge in [-0.3, -0.25) is 0 Å². The maximum absolute atomic E-state index is 11.2. The average Bonchev–Trinajstić information content (AvgIpc) is 2.45. The Morgan fingerprint density at radius 3 is 2.85 bits per heavy atom. The summed E-state index contributed by atoms with van der Waals surface area (Å²) in [5, 5.41) is 9.34. The number of ether oxygens (including phenoxy) is 1. The molecule has 1 aliphatic rings. The molecule has 1 aliphatic heterocycles. The third-order valence-corrected chi connectivity index (χ3v) is 2.16. The molecule has 0 spiro atoms. The molecule has 0 saturated carbocycles. The minimum Gasteiger partial charge on any atom is -0.451 e. The van der Waals surface area contributed by atoms with Crippen LogP contribution in [0.25, 0.3) is 0 Å². The zero-order chi connectivity index (χ0) is 9.42. The van der Waals surface area contributed by atoms with Gasteiger partial charge >= 0.3 is 5.97 Å². The maximum atomic E-state index is 11.2. The van der Waals surface area contributed by atoms with Gasteiger partial charge in [0, 0.05) is 5.56 Å². The molecule has 1 N–H and O–H groups in total. The molecule has 1 heterocycles. The van der Waals surface area contributed by atoms with Gasteiger partial charge in [-0.05, 0) is 13.0 Å². The van der Waals surface area contributed by atoms with Gasteiger partial charge in [-0.25, -0.2) is 4.79 Å². The fraction of sp³-hybridized carbons (Fsp3) is 0.300. The Hall–Kier alpha value is -1.35. The fourth-order valence-corrected chi connectivity index (χ4v) is 1.53. The first-order valence-electron chi connectivity index (χ1n) is 4.18. The Morgan fingerprint density at radius 2 is 2.15 bits per heavy atom. The van der Waals surface area contributed by atoms with Gasteiger partial charge in [-0.15, -0.1) is 0 Å². The number of cyclic esters (lactones) is 1. The summed E-state index contributed by atoms with van der Waals surface area (Å²) in [6.07, 6.45) is -1.16. The minimum absolute atomic E-state index is 0.346. The highest BCUT2D eigenvalue weighted by Crippen LogP contribution is 2.32. The SMILES string of the molecule is C[C@H](O)[C@H]1OC(=O)c2ccccc21. The van der Waals surface area contributed by atoms with Crippen molar-refractivity contribution in [2.45, 2.75) is 19.1 Å². The van der Waals surface area contributed by atoms with E-state index in [1.54, 1.807) is 25.1 Å². The van der Waals surface area contributed by atoms with Crippen molar-refractivity contribution < 1.29 is 14.6 Å². The molecule has 68 valence electrons. The van der Waals surface area contributed by atoms with Crippen molar-refractivity contribution in [2.75, 3.05) is 0 Å². The van der Waals surface area contributed by atoms with Crippen LogP contribution in [0.3, 0.4) is 0 Å². The smallest absolute Gasteiger partial charge is 0.339 e. The highest BCUT2D eigenvalue weighted by atomic mass is 16.6. The lowest BCUT2D eigenvalue weighted by molar-refractivity contribution is -0.00273. The largest absolute Gasteiger partial charge is 0.451 e. The number of rotatable bonds is 1. The topological polar surface area (TPSA) is 46.5 Å². The molecule has 0 unspecified atom stereocenters. The predicted octanol–water partition coefficient (Wildman–Crippen LogP) is 1.28. The molecule has 0 radical (unpaired) electrons. The van der Waals surface area contributed by atoms with Gasteiger partial charge in [0.15, 0.2) is 6.10 Å². The van der Waals surface area contributed by atoms with Crippen molar-refractivity contribution in [1.29, 1.82) is 0 Å². The first kappa shape index (κ1) is 8.26. The van der Waals surface area contributed by atoms with Crippen molar-refractivity contribution in [2.24, 2.45) is 0 Å². The number of aliphatic hydroxyl groups is 1. The molecule has 1 aromatic rings. The molecule has 0 amide bonds. The van der Waals surface area contributed by atoms with E-state index in [2.05, 4.69) is 0 Å². The van der Waals surface area contributed by atoms with Crippen LogP contribution in [-0.2, 0) is 4.74 Å². The van der Waals surface area contributed by atoms with Crippen molar-refractivity contribution in [3.8, 4) is 0 Å². The molecule has 1 aromatic carbocycles. The molecule has 0 saturated heterocycles. The van der Waals surface area contributed by atoms with Gasteiger partial charge in [-0.2, -0.15) is 0 Å². The third kappa shape index (κ3) is 1.21. The number of hydrogen-bond donors (Lipinski definition) is 1. The van der Waals surface area contributed by atoms with E-state index in [1.165, 1.54) is 0 Å². The quantitative estimate of drug-likeness (QED) is 0.659. The van der Waals surface area contributed by atoms with Crippen LogP contribution in [0.2, 0.25) is 0 Å². The number of carbonyl (C=O) groups is 1. The lowest BCUT2D eigenvalue weighted by atomic mass is 10.0. The number of benzene rings is 1. The second-order valence-electron chi connectivity index (χ2n) is 3.15. The van der Waals surface area contributed by atoms with E-state index in [0.29, 0.717) is 5.56 Å². The van der Waals surface area contributed by atoms with Gasteiger partial charge in [0.2, 0.25) is 0 Å². The summed E-state index contributed by atoms with van der Waals surface area (Å²) < 4.78 is 5.00. The van der Waals surface area contributed by atoms with E-state index in [9.17, 15) is 9.90 Å². The van der Waals surface area contributed by atoms with Crippen molar-refractivity contribution in [3.05, 3.63) is 35.4 Å². The molecular weight excluding hydrogens is 168 g/mol. The molecule has 3 nitrogen and oxygen atoms in total. The number of fused-ring (bicyclic) bond motifs is 1. The molecule has 2 atom stereocenters. The lowest BCUT2D eigenvalue weighted by Crippen LogP contribution is -2.14. The normalized spacial score (nSPS) is 22.3. The second kappa shape index (κ2) is 2.85. The monoisotopic (exact) mass is 178 g/mol. The van der Waals surface area contributed by atoms with Crippen LogP contribution in [-0.4, -0.2) is 17.2 Å². The average molecular weight is 178 g/mol. The summed E-state index contributed by atoms with van der Waals surface area (Å²) in [4.78, 5) is 11.2.